The molecule has 0 unspecified atom stereocenters. The normalized spacial score (nSPS) is 17.0. The third-order valence-corrected chi connectivity index (χ3v) is 3.56. The van der Waals surface area contributed by atoms with Crippen molar-refractivity contribution in [3.63, 3.8) is 0 Å². The fraction of sp³-hybridized carbons (Fsp3) is 0.692. The summed E-state index contributed by atoms with van der Waals surface area (Å²) in [6.45, 7) is 7.10. The van der Waals surface area contributed by atoms with Gasteiger partial charge in [-0.1, -0.05) is 6.82 Å². The van der Waals surface area contributed by atoms with Gasteiger partial charge in [0.05, 0.1) is 0 Å². The van der Waals surface area contributed by atoms with E-state index in [1.807, 2.05) is 0 Å². The van der Waals surface area contributed by atoms with E-state index in [0.29, 0.717) is 6.71 Å². The summed E-state index contributed by atoms with van der Waals surface area (Å²) in [5.74, 6) is 0. The van der Waals surface area contributed by atoms with E-state index in [1.165, 1.54) is 22.6 Å². The highest BCUT2D eigenvalue weighted by atomic mass is 15.6. The highest BCUT2D eigenvalue weighted by Crippen LogP contribution is 2.31. The molecule has 4 nitrogen and oxygen atoms in total. The second kappa shape index (κ2) is 5.27. The van der Waals surface area contributed by atoms with Crippen LogP contribution in [0.2, 0.25) is 6.82 Å². The Morgan fingerprint density at radius 3 is 1.33 bits per heavy atom. The maximum Gasteiger partial charge on any atom is 0.252 e. The molecule has 0 atom stereocenters. The van der Waals surface area contributed by atoms with E-state index < -0.39 is 0 Å². The molecule has 0 amide bonds. The first-order chi connectivity index (χ1) is 8.20. The smallest absolute Gasteiger partial charge is 0.252 e. The molecular weight excluding hydrogens is 223 g/mol. The molecule has 1 rings (SSSR count). The summed E-state index contributed by atoms with van der Waals surface area (Å²) in [6.07, 6.45) is 0. The zero-order chi connectivity index (χ0) is 14.2. The first-order valence-corrected chi connectivity index (χ1v) is 6.43. The Hall–Kier alpha value is -1.10. The lowest BCUT2D eigenvalue weighted by molar-refractivity contribution is 0.0998. The van der Waals surface area contributed by atoms with Crippen LogP contribution in [0.4, 0.5) is 0 Å². The fourth-order valence-corrected chi connectivity index (χ4v) is 3.25. The van der Waals surface area contributed by atoms with E-state index in [9.17, 15) is 0 Å². The Balaban J connectivity index is 3.40. The van der Waals surface area contributed by atoms with Crippen molar-refractivity contribution in [2.24, 2.45) is 0 Å². The Morgan fingerprint density at radius 1 is 0.778 bits per heavy atom. The lowest BCUT2D eigenvalue weighted by atomic mass is 9.44. The van der Waals surface area contributed by atoms with Crippen LogP contribution in [0, 0.1) is 0 Å². The number of nitrogens with zero attached hydrogens (tertiary/aromatic N) is 4. The second-order valence-electron chi connectivity index (χ2n) is 5.61. The van der Waals surface area contributed by atoms with Crippen molar-refractivity contribution in [1.82, 2.24) is 19.8 Å². The van der Waals surface area contributed by atoms with E-state index in [2.05, 4.69) is 82.8 Å². The number of allylic oxidation sites excluding steroid dienone is 2. The van der Waals surface area contributed by atoms with Crippen LogP contribution in [0.5, 0.6) is 0 Å². The largest absolute Gasteiger partial charge is 0.386 e. The Labute approximate surface area is 113 Å². The third kappa shape index (κ3) is 2.37. The second-order valence-corrected chi connectivity index (χ2v) is 5.61. The van der Waals surface area contributed by atoms with Gasteiger partial charge in [-0.25, -0.2) is 5.01 Å². The van der Waals surface area contributed by atoms with E-state index in [0.717, 1.165) is 0 Å². The summed E-state index contributed by atoms with van der Waals surface area (Å²) in [6, 6.07) is 0. The van der Waals surface area contributed by atoms with Gasteiger partial charge in [-0.3, -0.25) is 5.01 Å². The average Bonchev–Trinajstić information content (AvgIpc) is 2.14. The molecule has 0 spiro atoms. The van der Waals surface area contributed by atoms with Gasteiger partial charge in [0.2, 0.25) is 0 Å². The van der Waals surface area contributed by atoms with Crippen LogP contribution in [0.3, 0.4) is 0 Å². The molecular formula is C13H27BN4. The lowest BCUT2D eigenvalue weighted by Gasteiger charge is -2.43. The summed E-state index contributed by atoms with van der Waals surface area (Å²) in [7, 11) is 12.7. The summed E-state index contributed by atoms with van der Waals surface area (Å²) < 4.78 is 0. The molecule has 0 radical (unpaired) electrons. The summed E-state index contributed by atoms with van der Waals surface area (Å²) in [4.78, 5) is 4.46. The minimum absolute atomic E-state index is 0.422. The van der Waals surface area contributed by atoms with Crippen LogP contribution in [0.25, 0.3) is 0 Å². The maximum atomic E-state index is 2.28. The van der Waals surface area contributed by atoms with Gasteiger partial charge < -0.3 is 9.80 Å². The van der Waals surface area contributed by atoms with Crippen LogP contribution in [-0.2, 0) is 0 Å². The molecule has 1 heterocycles. The van der Waals surface area contributed by atoms with Crippen molar-refractivity contribution in [2.75, 3.05) is 42.3 Å². The predicted molar refractivity (Wildman–Crippen MR) is 79.9 cm³/mol. The highest BCUT2D eigenvalue weighted by Gasteiger charge is 2.34. The Bertz CT molecular complexity index is 350. The minimum Gasteiger partial charge on any atom is -0.386 e. The van der Waals surface area contributed by atoms with Crippen LogP contribution < -0.4 is 0 Å². The minimum atomic E-state index is 0.422. The molecule has 0 saturated heterocycles. The lowest BCUT2D eigenvalue weighted by Crippen LogP contribution is -2.46. The summed E-state index contributed by atoms with van der Waals surface area (Å²) in [5, 5.41) is 4.42. The predicted octanol–water partition coefficient (Wildman–Crippen LogP) is 1.57. The van der Waals surface area contributed by atoms with E-state index in [1.54, 1.807) is 0 Å². The molecule has 0 bridgehead atoms. The topological polar surface area (TPSA) is 13.0 Å². The zero-order valence-electron chi connectivity index (χ0n) is 13.4. The first kappa shape index (κ1) is 15.0. The summed E-state index contributed by atoms with van der Waals surface area (Å²) in [5.41, 5.74) is 5.36. The molecule has 18 heavy (non-hydrogen) atoms. The van der Waals surface area contributed by atoms with E-state index >= 15 is 0 Å². The zero-order valence-corrected chi connectivity index (χ0v) is 13.4. The molecule has 0 aromatic carbocycles. The quantitative estimate of drug-likeness (QED) is 0.705. The molecule has 5 heteroatoms. The molecule has 0 N–H and O–H groups in total. The van der Waals surface area contributed by atoms with Gasteiger partial charge >= 0.3 is 0 Å². The third-order valence-electron chi connectivity index (χ3n) is 3.56. The average molecular weight is 250 g/mol. The Morgan fingerprint density at radius 2 is 1.11 bits per heavy atom. The SMILES string of the molecule is CB1C(N(C)C)=C(C)N(N(C)C)C(C)=C1N(C)C. The van der Waals surface area contributed by atoms with Gasteiger partial charge in [0.1, 0.15) is 0 Å². The van der Waals surface area contributed by atoms with Gasteiger partial charge in [-0.15, -0.1) is 0 Å². The van der Waals surface area contributed by atoms with Gasteiger partial charge in [0.15, 0.2) is 0 Å². The van der Waals surface area contributed by atoms with E-state index in [4.69, 9.17) is 0 Å². The molecule has 102 valence electrons. The molecule has 1 aliphatic rings. The van der Waals surface area contributed by atoms with Crippen LogP contribution >= 0.6 is 0 Å². The molecule has 0 aromatic heterocycles. The van der Waals surface area contributed by atoms with Gasteiger partial charge in [0.25, 0.3) is 6.71 Å². The van der Waals surface area contributed by atoms with Crippen LogP contribution in [-0.4, -0.2) is 68.8 Å². The molecule has 0 fully saturated rings. The van der Waals surface area contributed by atoms with Crippen molar-refractivity contribution in [3.8, 4) is 0 Å². The fourth-order valence-electron chi connectivity index (χ4n) is 3.25. The molecule has 0 aromatic rings. The number of hydrogen-bond donors (Lipinski definition) is 0. The monoisotopic (exact) mass is 250 g/mol. The number of hydrogen-bond acceptors (Lipinski definition) is 4. The standard InChI is InChI=1S/C13H27BN4/c1-10-12(15(4)5)14(3)13(16(6)7)11(2)18(10)17(8)9/h1-9H3. The van der Waals surface area contributed by atoms with Crippen molar-refractivity contribution in [1.29, 1.82) is 0 Å². The van der Waals surface area contributed by atoms with Crippen molar-refractivity contribution in [2.45, 2.75) is 20.7 Å². The number of rotatable bonds is 3. The van der Waals surface area contributed by atoms with Crippen molar-refractivity contribution in [3.05, 3.63) is 22.6 Å². The van der Waals surface area contributed by atoms with Crippen LogP contribution in [0.15, 0.2) is 22.6 Å². The molecule has 1 aliphatic heterocycles. The van der Waals surface area contributed by atoms with Gasteiger partial charge in [0, 0.05) is 64.9 Å². The summed E-state index contributed by atoms with van der Waals surface area (Å²) >= 11 is 0. The van der Waals surface area contributed by atoms with Crippen molar-refractivity contribution < 1.29 is 0 Å². The van der Waals surface area contributed by atoms with E-state index in [-0.39, 0.29) is 0 Å². The molecule has 0 aliphatic carbocycles. The van der Waals surface area contributed by atoms with Crippen molar-refractivity contribution >= 4 is 6.71 Å². The first-order valence-electron chi connectivity index (χ1n) is 6.43. The Kier molecular flexibility index (Phi) is 4.38. The molecule has 0 saturated carbocycles. The highest BCUT2D eigenvalue weighted by molar-refractivity contribution is 6.72. The van der Waals surface area contributed by atoms with Gasteiger partial charge in [-0.2, -0.15) is 0 Å². The van der Waals surface area contributed by atoms with Gasteiger partial charge in [-0.05, 0) is 13.8 Å². The number of hydrazine groups is 1. The van der Waals surface area contributed by atoms with Crippen LogP contribution in [0.1, 0.15) is 13.8 Å². The maximum absolute atomic E-state index is 2.28.